The molecule has 1 nitrogen and oxygen atoms in total. The Bertz CT molecular complexity index is 789. The van der Waals surface area contributed by atoms with Crippen molar-refractivity contribution >= 4 is 16.5 Å². The molecule has 0 radical (unpaired) electrons. The van der Waals surface area contributed by atoms with Crippen LogP contribution in [0.5, 0.6) is 0 Å². The van der Waals surface area contributed by atoms with Gasteiger partial charge in [0.15, 0.2) is 0 Å². The van der Waals surface area contributed by atoms with Crippen molar-refractivity contribution in [3.63, 3.8) is 0 Å². The minimum Gasteiger partial charge on any atom is -0.385 e. The Hall–Kier alpha value is -2.28. The molecule has 1 aliphatic rings. The van der Waals surface area contributed by atoms with Gasteiger partial charge in [0.2, 0.25) is 0 Å². The molecule has 0 fully saturated rings. The number of hydrogen-bond donors (Lipinski definition) is 1. The third-order valence-corrected chi connectivity index (χ3v) is 4.33. The van der Waals surface area contributed by atoms with E-state index in [2.05, 4.69) is 66.0 Å². The number of hydrogen-bond acceptors (Lipinski definition) is 1. The van der Waals surface area contributed by atoms with Gasteiger partial charge in [-0.05, 0) is 52.8 Å². The van der Waals surface area contributed by atoms with E-state index in [9.17, 15) is 0 Å². The maximum atomic E-state index is 3.48. The summed E-state index contributed by atoms with van der Waals surface area (Å²) in [6.45, 7) is 1.11. The summed E-state index contributed by atoms with van der Waals surface area (Å²) in [5.74, 6) is 0. The van der Waals surface area contributed by atoms with Gasteiger partial charge in [-0.3, -0.25) is 0 Å². The highest BCUT2D eigenvalue weighted by molar-refractivity contribution is 5.83. The number of benzene rings is 3. The molecule has 0 atom stereocenters. The zero-order valence-corrected chi connectivity index (χ0v) is 12.1. The van der Waals surface area contributed by atoms with Crippen molar-refractivity contribution in [3.8, 4) is 0 Å². The van der Waals surface area contributed by atoms with Gasteiger partial charge in [0.1, 0.15) is 0 Å². The molecule has 0 bridgehead atoms. The van der Waals surface area contributed by atoms with Crippen molar-refractivity contribution in [1.82, 2.24) is 0 Å². The van der Waals surface area contributed by atoms with Crippen LogP contribution in [0.25, 0.3) is 10.8 Å². The summed E-state index contributed by atoms with van der Waals surface area (Å²) >= 11 is 0. The van der Waals surface area contributed by atoms with E-state index in [0.717, 1.165) is 13.0 Å². The first-order valence-electron chi connectivity index (χ1n) is 7.72. The molecule has 0 saturated heterocycles. The van der Waals surface area contributed by atoms with Crippen LogP contribution in [0.1, 0.15) is 23.1 Å². The van der Waals surface area contributed by atoms with Crippen LogP contribution < -0.4 is 5.32 Å². The van der Waals surface area contributed by atoms with E-state index in [-0.39, 0.29) is 0 Å². The Morgan fingerprint density at radius 1 is 0.810 bits per heavy atom. The molecule has 0 aliphatic carbocycles. The van der Waals surface area contributed by atoms with E-state index >= 15 is 0 Å². The zero-order valence-electron chi connectivity index (χ0n) is 12.1. The van der Waals surface area contributed by atoms with E-state index in [1.54, 1.807) is 0 Å². The number of rotatable bonds is 2. The lowest BCUT2D eigenvalue weighted by molar-refractivity contribution is 0.828. The Morgan fingerprint density at radius 2 is 1.62 bits per heavy atom. The third kappa shape index (κ3) is 2.52. The van der Waals surface area contributed by atoms with E-state index in [4.69, 9.17) is 0 Å². The van der Waals surface area contributed by atoms with Gasteiger partial charge >= 0.3 is 0 Å². The maximum Gasteiger partial charge on any atom is 0.0372 e. The lowest BCUT2D eigenvalue weighted by Crippen LogP contribution is -2.11. The van der Waals surface area contributed by atoms with Crippen LogP contribution in [0, 0.1) is 0 Å². The number of aryl methyl sites for hydroxylation is 1. The summed E-state index contributed by atoms with van der Waals surface area (Å²) in [5, 5.41) is 6.12. The molecule has 1 heterocycles. The van der Waals surface area contributed by atoms with Crippen molar-refractivity contribution in [2.24, 2.45) is 0 Å². The quantitative estimate of drug-likeness (QED) is 0.708. The molecule has 3 aromatic rings. The smallest absolute Gasteiger partial charge is 0.0372 e. The molecule has 0 aromatic heterocycles. The van der Waals surface area contributed by atoms with Crippen LogP contribution in [0.15, 0.2) is 60.7 Å². The fraction of sp³-hybridized carbons (Fsp3) is 0.200. The van der Waals surface area contributed by atoms with Gasteiger partial charge in [-0.2, -0.15) is 0 Å². The van der Waals surface area contributed by atoms with E-state index in [0.29, 0.717) is 0 Å². The van der Waals surface area contributed by atoms with Crippen molar-refractivity contribution < 1.29 is 0 Å². The first-order valence-corrected chi connectivity index (χ1v) is 7.72. The fourth-order valence-electron chi connectivity index (χ4n) is 3.22. The van der Waals surface area contributed by atoms with E-state index in [1.165, 1.54) is 46.0 Å². The molecule has 1 heteroatoms. The number of nitrogens with one attached hydrogen (secondary N) is 1. The summed E-state index contributed by atoms with van der Waals surface area (Å²) in [7, 11) is 0. The highest BCUT2D eigenvalue weighted by atomic mass is 14.9. The van der Waals surface area contributed by atoms with Crippen LogP contribution >= 0.6 is 0 Å². The van der Waals surface area contributed by atoms with Gasteiger partial charge in [-0.1, -0.05) is 54.6 Å². The first kappa shape index (κ1) is 12.5. The molecule has 1 aliphatic heterocycles. The molecule has 0 unspecified atom stereocenters. The molecule has 3 aromatic carbocycles. The van der Waals surface area contributed by atoms with Crippen LogP contribution in [0.2, 0.25) is 0 Å². The second-order valence-corrected chi connectivity index (χ2v) is 5.88. The van der Waals surface area contributed by atoms with E-state index < -0.39 is 0 Å². The average molecular weight is 273 g/mol. The summed E-state index contributed by atoms with van der Waals surface area (Å²) in [5.41, 5.74) is 5.59. The molecule has 104 valence electrons. The first-order chi connectivity index (χ1) is 10.4. The van der Waals surface area contributed by atoms with Crippen LogP contribution in [0.3, 0.4) is 0 Å². The summed E-state index contributed by atoms with van der Waals surface area (Å²) in [6.07, 6.45) is 3.46. The molecule has 21 heavy (non-hydrogen) atoms. The van der Waals surface area contributed by atoms with Crippen molar-refractivity contribution in [2.45, 2.75) is 19.3 Å². The number of fused-ring (bicyclic) bond motifs is 2. The lowest BCUT2D eigenvalue weighted by Gasteiger charge is -2.18. The second-order valence-electron chi connectivity index (χ2n) is 5.88. The predicted molar refractivity (Wildman–Crippen MR) is 90.0 cm³/mol. The third-order valence-electron chi connectivity index (χ3n) is 4.33. The second kappa shape index (κ2) is 5.25. The standard InChI is InChI=1S/C20H19N/c1-2-5-18-13-15(7-9-17(18)4-1)12-16-8-10-20-19(14-16)6-3-11-21-20/h1-2,4-5,7-10,13-14,21H,3,6,11-12H2. The molecule has 0 spiro atoms. The number of anilines is 1. The molecule has 0 amide bonds. The van der Waals surface area contributed by atoms with Gasteiger partial charge in [0.25, 0.3) is 0 Å². The Kier molecular flexibility index (Phi) is 3.11. The van der Waals surface area contributed by atoms with Crippen LogP contribution in [-0.4, -0.2) is 6.54 Å². The monoisotopic (exact) mass is 273 g/mol. The summed E-state index contributed by atoms with van der Waals surface area (Å²) < 4.78 is 0. The zero-order chi connectivity index (χ0) is 14.1. The van der Waals surface area contributed by atoms with Gasteiger partial charge < -0.3 is 5.32 Å². The summed E-state index contributed by atoms with van der Waals surface area (Å²) in [6, 6.07) is 22.2. The molecular weight excluding hydrogens is 254 g/mol. The SMILES string of the molecule is c1ccc2cc(Cc3ccc4c(c3)CCCN4)ccc2c1. The molecular formula is C20H19N. The van der Waals surface area contributed by atoms with E-state index in [1.807, 2.05) is 0 Å². The minimum atomic E-state index is 1.01. The van der Waals surface area contributed by atoms with Crippen molar-refractivity contribution in [2.75, 3.05) is 11.9 Å². The molecule has 1 N–H and O–H groups in total. The Balaban J connectivity index is 1.64. The molecule has 4 rings (SSSR count). The maximum absolute atomic E-state index is 3.48. The van der Waals surface area contributed by atoms with Gasteiger partial charge in [0.05, 0.1) is 0 Å². The molecule has 0 saturated carbocycles. The van der Waals surface area contributed by atoms with Gasteiger partial charge in [-0.25, -0.2) is 0 Å². The predicted octanol–water partition coefficient (Wildman–Crippen LogP) is 4.79. The lowest BCUT2D eigenvalue weighted by atomic mass is 9.96. The average Bonchev–Trinajstić information content (AvgIpc) is 2.55. The fourth-order valence-corrected chi connectivity index (χ4v) is 3.22. The minimum absolute atomic E-state index is 1.01. The normalized spacial score (nSPS) is 13.7. The highest BCUT2D eigenvalue weighted by Crippen LogP contribution is 2.25. The largest absolute Gasteiger partial charge is 0.385 e. The van der Waals surface area contributed by atoms with Crippen LogP contribution in [-0.2, 0) is 12.8 Å². The highest BCUT2D eigenvalue weighted by Gasteiger charge is 2.09. The summed E-state index contributed by atoms with van der Waals surface area (Å²) in [4.78, 5) is 0. The topological polar surface area (TPSA) is 12.0 Å². The van der Waals surface area contributed by atoms with Crippen molar-refractivity contribution in [1.29, 1.82) is 0 Å². The Labute approximate surface area is 125 Å². The Morgan fingerprint density at radius 3 is 2.57 bits per heavy atom. The van der Waals surface area contributed by atoms with Crippen LogP contribution in [0.4, 0.5) is 5.69 Å². The van der Waals surface area contributed by atoms with Crippen molar-refractivity contribution in [3.05, 3.63) is 77.4 Å². The van der Waals surface area contributed by atoms with Gasteiger partial charge in [-0.15, -0.1) is 0 Å². The van der Waals surface area contributed by atoms with Gasteiger partial charge in [0, 0.05) is 12.2 Å².